The molecular weight excluding hydrogens is 192 g/mol. The van der Waals surface area contributed by atoms with Gasteiger partial charge in [0.15, 0.2) is 23.3 Å². The van der Waals surface area contributed by atoms with E-state index >= 15 is 0 Å². The fraction of sp³-hybridized carbons (Fsp3) is 0.667. The number of Topliss-reactive ketones (excluding diaryl/α,β-unsaturated/α-hetero) is 2. The van der Waals surface area contributed by atoms with Gasteiger partial charge in [-0.25, -0.2) is 0 Å². The molecule has 2 unspecified atom stereocenters. The van der Waals surface area contributed by atoms with Crippen LogP contribution in [0.25, 0.3) is 0 Å². The molecule has 2 saturated carbocycles. The van der Waals surface area contributed by atoms with E-state index in [1.807, 2.05) is 0 Å². The second-order valence-electron chi connectivity index (χ2n) is 5.37. The van der Waals surface area contributed by atoms with Gasteiger partial charge in [0.05, 0.1) is 0 Å². The van der Waals surface area contributed by atoms with Crippen molar-refractivity contribution >= 4 is 11.6 Å². The van der Waals surface area contributed by atoms with Gasteiger partial charge in [-0.15, -0.1) is 0 Å². The molecule has 3 aliphatic carbocycles. The summed E-state index contributed by atoms with van der Waals surface area (Å²) in [5.41, 5.74) is -0.753. The number of carbonyl (C=O) groups is 2. The second kappa shape index (κ2) is 2.09. The van der Waals surface area contributed by atoms with Gasteiger partial charge in [0.1, 0.15) is 0 Å². The van der Waals surface area contributed by atoms with Gasteiger partial charge in [0, 0.05) is 11.8 Å². The SMILES string of the molecule is C[C@@]12O[C@@H]1C(=O)[C@H]1C3C=CC(C3)[C@H]1C2=O. The highest BCUT2D eigenvalue weighted by atomic mass is 16.6. The lowest BCUT2D eigenvalue weighted by Gasteiger charge is -2.30. The van der Waals surface area contributed by atoms with Crippen LogP contribution in [-0.2, 0) is 14.3 Å². The monoisotopic (exact) mass is 204 g/mol. The van der Waals surface area contributed by atoms with Gasteiger partial charge in [-0.2, -0.15) is 0 Å². The molecule has 78 valence electrons. The molecule has 1 aliphatic heterocycles. The van der Waals surface area contributed by atoms with Gasteiger partial charge in [-0.1, -0.05) is 12.2 Å². The van der Waals surface area contributed by atoms with Crippen molar-refractivity contribution in [1.29, 1.82) is 0 Å². The largest absolute Gasteiger partial charge is 0.350 e. The van der Waals surface area contributed by atoms with E-state index in [2.05, 4.69) is 12.2 Å². The fourth-order valence-corrected chi connectivity index (χ4v) is 3.80. The second-order valence-corrected chi connectivity index (χ2v) is 5.37. The quantitative estimate of drug-likeness (QED) is 0.432. The molecular formula is C12H12O3. The normalized spacial score (nSPS) is 59.4. The Morgan fingerprint density at radius 3 is 2.67 bits per heavy atom. The molecule has 3 nitrogen and oxygen atoms in total. The van der Waals surface area contributed by atoms with Crippen molar-refractivity contribution in [1.82, 2.24) is 0 Å². The van der Waals surface area contributed by atoms with Crippen molar-refractivity contribution < 1.29 is 14.3 Å². The smallest absolute Gasteiger partial charge is 0.171 e. The van der Waals surface area contributed by atoms with Crippen LogP contribution < -0.4 is 0 Å². The molecule has 3 fully saturated rings. The number of ketones is 2. The molecule has 0 aromatic heterocycles. The van der Waals surface area contributed by atoms with Gasteiger partial charge in [-0.3, -0.25) is 9.59 Å². The molecule has 1 saturated heterocycles. The molecule has 6 atom stereocenters. The summed E-state index contributed by atoms with van der Waals surface area (Å²) in [5.74, 6) is 0.834. The van der Waals surface area contributed by atoms with Crippen molar-refractivity contribution in [3.8, 4) is 0 Å². The number of carbonyl (C=O) groups excluding carboxylic acids is 2. The van der Waals surface area contributed by atoms with Crippen LogP contribution in [-0.4, -0.2) is 23.3 Å². The highest BCUT2D eigenvalue weighted by molar-refractivity contribution is 6.09. The Balaban J connectivity index is 1.85. The number of rotatable bonds is 0. The van der Waals surface area contributed by atoms with E-state index in [0.29, 0.717) is 11.8 Å². The van der Waals surface area contributed by atoms with E-state index in [1.165, 1.54) is 0 Å². The van der Waals surface area contributed by atoms with Crippen LogP contribution in [0.4, 0.5) is 0 Å². The first-order valence-corrected chi connectivity index (χ1v) is 5.57. The number of epoxide rings is 1. The number of ether oxygens (including phenoxy) is 1. The molecule has 2 bridgehead atoms. The summed E-state index contributed by atoms with van der Waals surface area (Å²) in [7, 11) is 0. The zero-order chi connectivity index (χ0) is 10.4. The third-order valence-corrected chi connectivity index (χ3v) is 4.64. The first-order valence-electron chi connectivity index (χ1n) is 5.57. The van der Waals surface area contributed by atoms with Gasteiger partial charge >= 0.3 is 0 Å². The molecule has 0 aromatic carbocycles. The predicted octanol–water partition coefficient (Wildman–Crippen LogP) is 0.734. The number of fused-ring (bicyclic) bond motifs is 6. The Morgan fingerprint density at radius 1 is 1.27 bits per heavy atom. The van der Waals surface area contributed by atoms with Crippen LogP contribution in [0, 0.1) is 23.7 Å². The zero-order valence-electron chi connectivity index (χ0n) is 8.47. The molecule has 1 heterocycles. The van der Waals surface area contributed by atoms with E-state index in [1.54, 1.807) is 6.92 Å². The standard InChI is InChI=1S/C12H12O3/c1-12-10(14)8-6-3-2-5(4-6)7(8)9(13)11(12)15-12/h2-3,5-8,11H,4H2,1H3/t5?,6?,7-,8+,11+,12-/m0/s1. The van der Waals surface area contributed by atoms with Crippen molar-refractivity contribution in [3.63, 3.8) is 0 Å². The lowest BCUT2D eigenvalue weighted by Crippen LogP contribution is -2.47. The summed E-state index contributed by atoms with van der Waals surface area (Å²) in [6.45, 7) is 1.77. The first kappa shape index (κ1) is 8.22. The molecule has 15 heavy (non-hydrogen) atoms. The molecule has 4 aliphatic rings. The summed E-state index contributed by atoms with van der Waals surface area (Å²) in [5, 5.41) is 0. The first-order chi connectivity index (χ1) is 7.13. The maximum Gasteiger partial charge on any atom is 0.171 e. The number of hydrogen-bond acceptors (Lipinski definition) is 3. The van der Waals surface area contributed by atoms with Crippen LogP contribution in [0.1, 0.15) is 13.3 Å². The van der Waals surface area contributed by atoms with Crippen LogP contribution in [0.15, 0.2) is 12.2 Å². The summed E-state index contributed by atoms with van der Waals surface area (Å²) < 4.78 is 5.32. The summed E-state index contributed by atoms with van der Waals surface area (Å²) in [6.07, 6.45) is 4.81. The lowest BCUT2D eigenvalue weighted by atomic mass is 9.68. The number of hydrogen-bond donors (Lipinski definition) is 0. The Hall–Kier alpha value is -0.960. The zero-order valence-corrected chi connectivity index (χ0v) is 8.47. The van der Waals surface area contributed by atoms with Crippen LogP contribution in [0.5, 0.6) is 0 Å². The number of allylic oxidation sites excluding steroid dienone is 2. The van der Waals surface area contributed by atoms with E-state index in [0.717, 1.165) is 6.42 Å². The van der Waals surface area contributed by atoms with Crippen molar-refractivity contribution in [2.75, 3.05) is 0 Å². The Kier molecular flexibility index (Phi) is 1.15. The maximum atomic E-state index is 12.2. The molecule has 0 N–H and O–H groups in total. The van der Waals surface area contributed by atoms with Crippen LogP contribution >= 0.6 is 0 Å². The molecule has 0 aromatic rings. The van der Waals surface area contributed by atoms with Gasteiger partial charge in [-0.05, 0) is 25.2 Å². The summed E-state index contributed by atoms with van der Waals surface area (Å²) in [4.78, 5) is 24.3. The average Bonchev–Trinajstić information content (AvgIpc) is 2.64. The third kappa shape index (κ3) is 0.718. The molecule has 4 rings (SSSR count). The molecule has 0 spiro atoms. The molecule has 3 heteroatoms. The van der Waals surface area contributed by atoms with Gasteiger partial charge in [0.2, 0.25) is 0 Å². The Morgan fingerprint density at radius 2 is 1.93 bits per heavy atom. The van der Waals surface area contributed by atoms with Gasteiger partial charge in [0.25, 0.3) is 0 Å². The summed E-state index contributed by atoms with van der Waals surface area (Å²) >= 11 is 0. The molecule has 0 amide bonds. The van der Waals surface area contributed by atoms with E-state index in [9.17, 15) is 9.59 Å². The minimum absolute atomic E-state index is 0.0620. The van der Waals surface area contributed by atoms with Crippen molar-refractivity contribution in [2.45, 2.75) is 25.0 Å². The summed E-state index contributed by atoms with van der Waals surface area (Å²) in [6, 6.07) is 0. The minimum atomic E-state index is -0.753. The molecule has 0 radical (unpaired) electrons. The van der Waals surface area contributed by atoms with Crippen molar-refractivity contribution in [2.24, 2.45) is 23.7 Å². The Labute approximate surface area is 87.5 Å². The van der Waals surface area contributed by atoms with Crippen LogP contribution in [0.2, 0.25) is 0 Å². The van der Waals surface area contributed by atoms with E-state index in [4.69, 9.17) is 4.74 Å². The highest BCUT2D eigenvalue weighted by Gasteiger charge is 2.72. The topological polar surface area (TPSA) is 46.7 Å². The fourth-order valence-electron chi connectivity index (χ4n) is 3.80. The Bertz CT molecular complexity index is 425. The maximum absolute atomic E-state index is 12.2. The van der Waals surface area contributed by atoms with Crippen molar-refractivity contribution in [3.05, 3.63) is 12.2 Å². The van der Waals surface area contributed by atoms with Crippen LogP contribution in [0.3, 0.4) is 0 Å². The average molecular weight is 204 g/mol. The lowest BCUT2D eigenvalue weighted by molar-refractivity contribution is -0.138. The van der Waals surface area contributed by atoms with E-state index < -0.39 is 11.7 Å². The minimum Gasteiger partial charge on any atom is -0.350 e. The highest BCUT2D eigenvalue weighted by Crippen LogP contribution is 2.58. The third-order valence-electron chi connectivity index (χ3n) is 4.64. The predicted molar refractivity (Wildman–Crippen MR) is 51.0 cm³/mol. The van der Waals surface area contributed by atoms with E-state index in [-0.39, 0.29) is 23.4 Å². The van der Waals surface area contributed by atoms with Gasteiger partial charge < -0.3 is 4.74 Å².